The number of nitrogens with zero attached hydrogens (tertiary/aromatic N) is 3. The van der Waals surface area contributed by atoms with E-state index in [0.717, 1.165) is 0 Å². The van der Waals surface area contributed by atoms with Crippen LogP contribution >= 0.6 is 15.6 Å². The summed E-state index contributed by atoms with van der Waals surface area (Å²) in [6.45, 7) is 31.8. The Balaban J connectivity index is -0.000000210. The zero-order valence-electron chi connectivity index (χ0n) is 27.0. The third-order valence-electron chi connectivity index (χ3n) is 5.07. The lowest BCUT2D eigenvalue weighted by atomic mass is 10.3. The topological polar surface area (TPSA) is 134 Å². The maximum absolute atomic E-state index is 9.63. The van der Waals surface area contributed by atoms with Gasteiger partial charge in [0.2, 0.25) is 0 Å². The minimum Gasteiger partial charge on any atom is -0.303 e. The van der Waals surface area contributed by atoms with E-state index in [1.165, 1.54) is 117 Å². The van der Waals surface area contributed by atoms with Crippen LogP contribution in [0.2, 0.25) is 0 Å². The van der Waals surface area contributed by atoms with Gasteiger partial charge in [-0.05, 0) is 117 Å². The van der Waals surface area contributed by atoms with Crippen molar-refractivity contribution in [1.82, 2.24) is 14.7 Å². The fraction of sp³-hybridized carbons (Fsp3) is 1.00. The van der Waals surface area contributed by atoms with Gasteiger partial charge in [-0.3, -0.25) is 0 Å². The highest BCUT2D eigenvalue weighted by molar-refractivity contribution is 7.60. The molecule has 0 aliphatic heterocycles. The molecule has 0 aromatic heterocycles. The van der Waals surface area contributed by atoms with Gasteiger partial charge in [0.15, 0.2) is 0 Å². The Kier molecular flexibility index (Phi) is 38.6. The summed E-state index contributed by atoms with van der Waals surface area (Å²) < 4.78 is 22.2. The van der Waals surface area contributed by atoms with Crippen LogP contribution in [-0.4, -0.2) is 93.2 Å². The Hall–Kier alpha value is 0.140. The number of rotatable bonds is 20. The molecule has 0 atom stereocenters. The fourth-order valence-electron chi connectivity index (χ4n) is 3.99. The molecule has 0 fully saturated rings. The van der Waals surface area contributed by atoms with E-state index in [9.17, 15) is 9.13 Å². The normalized spacial score (nSPS) is 11.5. The van der Waals surface area contributed by atoms with E-state index in [2.05, 4.69) is 81.3 Å². The van der Waals surface area contributed by atoms with E-state index in [1.807, 2.05) is 0 Å². The monoisotopic (exact) mass is 607 g/mol. The molecule has 0 bridgehead atoms. The predicted molar refractivity (Wildman–Crippen MR) is 167 cm³/mol. The first-order chi connectivity index (χ1) is 18.2. The van der Waals surface area contributed by atoms with Crippen molar-refractivity contribution in [3.63, 3.8) is 0 Å². The van der Waals surface area contributed by atoms with Crippen molar-refractivity contribution in [1.29, 1.82) is 0 Å². The third kappa shape index (κ3) is 45.4. The molecular weight excluding hydrogens is 540 g/mol. The highest BCUT2D eigenvalue weighted by Gasteiger charge is 2.27. The molecule has 39 heavy (non-hydrogen) atoms. The highest BCUT2D eigenvalue weighted by Crippen LogP contribution is 2.53. The van der Waals surface area contributed by atoms with Gasteiger partial charge in [0, 0.05) is 0 Å². The minimum atomic E-state index is -5.05. The molecule has 0 unspecified atom stereocenters. The molecule has 0 radical (unpaired) electrons. The minimum absolute atomic E-state index is 1.28. The molecular formula is C27H67N3O7P2. The van der Waals surface area contributed by atoms with E-state index < -0.39 is 15.6 Å². The van der Waals surface area contributed by atoms with Gasteiger partial charge in [-0.25, -0.2) is 9.13 Å². The van der Waals surface area contributed by atoms with Gasteiger partial charge in [-0.1, -0.05) is 62.3 Å². The van der Waals surface area contributed by atoms with Crippen molar-refractivity contribution < 1.29 is 33.0 Å². The number of hydrogen-bond donors (Lipinski definition) is 4. The Morgan fingerprint density at radius 1 is 0.385 bits per heavy atom. The first-order valence-corrected chi connectivity index (χ1v) is 18.3. The van der Waals surface area contributed by atoms with Crippen LogP contribution in [0.3, 0.4) is 0 Å². The van der Waals surface area contributed by atoms with Crippen molar-refractivity contribution in [2.45, 2.75) is 120 Å². The van der Waals surface area contributed by atoms with Gasteiger partial charge in [-0.2, -0.15) is 4.31 Å². The molecule has 0 aromatic rings. The summed E-state index contributed by atoms with van der Waals surface area (Å²) in [5.74, 6) is 0. The molecule has 0 amide bonds. The first kappa shape index (κ1) is 46.1. The predicted octanol–water partition coefficient (Wildman–Crippen LogP) is 6.74. The molecule has 12 heteroatoms. The molecule has 0 rings (SSSR count). The second-order valence-electron chi connectivity index (χ2n) is 9.59. The number of hydrogen-bond acceptors (Lipinski definition) is 6. The average Bonchev–Trinajstić information content (AvgIpc) is 2.80. The SMILES string of the molecule is CCCN(CCC)CCC.CCCN(CCC)CCC.CCCN(CCC)CCC.O=P(O)(O)OP(=O)(O)O. The lowest BCUT2D eigenvalue weighted by molar-refractivity contribution is 0.225. The van der Waals surface area contributed by atoms with Gasteiger partial charge < -0.3 is 34.3 Å². The molecule has 0 aliphatic carbocycles. The molecule has 242 valence electrons. The molecule has 0 spiro atoms. The van der Waals surface area contributed by atoms with E-state index in [4.69, 9.17) is 19.6 Å². The van der Waals surface area contributed by atoms with Crippen LogP contribution in [0, 0.1) is 0 Å². The Morgan fingerprint density at radius 2 is 0.513 bits per heavy atom. The van der Waals surface area contributed by atoms with Crippen LogP contribution in [0.4, 0.5) is 0 Å². The van der Waals surface area contributed by atoms with Crippen LogP contribution in [-0.2, 0) is 13.4 Å². The zero-order chi connectivity index (χ0) is 31.2. The van der Waals surface area contributed by atoms with E-state index in [-0.39, 0.29) is 0 Å². The van der Waals surface area contributed by atoms with Crippen LogP contribution < -0.4 is 0 Å². The molecule has 0 heterocycles. The Bertz CT molecular complexity index is 458. The van der Waals surface area contributed by atoms with Crippen molar-refractivity contribution in [3.8, 4) is 0 Å². The summed E-state index contributed by atoms with van der Waals surface area (Å²) in [5.41, 5.74) is 0. The second-order valence-corrected chi connectivity index (χ2v) is 12.2. The van der Waals surface area contributed by atoms with E-state index in [1.54, 1.807) is 0 Å². The zero-order valence-corrected chi connectivity index (χ0v) is 28.8. The van der Waals surface area contributed by atoms with Gasteiger partial charge >= 0.3 is 15.6 Å². The lowest BCUT2D eigenvalue weighted by Crippen LogP contribution is -2.26. The Morgan fingerprint density at radius 3 is 0.564 bits per heavy atom. The second kappa shape index (κ2) is 32.7. The van der Waals surface area contributed by atoms with E-state index in [0.29, 0.717) is 0 Å². The largest absolute Gasteiger partial charge is 0.478 e. The maximum atomic E-state index is 9.63. The number of phosphoric acid groups is 2. The summed E-state index contributed by atoms with van der Waals surface area (Å²) in [6, 6.07) is 0. The molecule has 10 nitrogen and oxygen atoms in total. The molecule has 0 saturated carbocycles. The standard InChI is InChI=1S/3C9H21N.H4O7P2/c3*1-4-7-10(8-5-2)9-6-3;1-8(2,3)7-9(4,5)6/h3*4-9H2,1-3H3;(H2,1,2,3)(H2,4,5,6). The quantitative estimate of drug-likeness (QED) is 0.110. The van der Waals surface area contributed by atoms with Crippen LogP contribution in [0.15, 0.2) is 0 Å². The van der Waals surface area contributed by atoms with Gasteiger partial charge in [0.05, 0.1) is 0 Å². The van der Waals surface area contributed by atoms with Crippen molar-refractivity contribution in [3.05, 3.63) is 0 Å². The van der Waals surface area contributed by atoms with Crippen LogP contribution in [0.1, 0.15) is 120 Å². The third-order valence-corrected chi connectivity index (χ3v) is 6.77. The Labute approximate surface area is 242 Å². The van der Waals surface area contributed by atoms with Crippen LogP contribution in [0.5, 0.6) is 0 Å². The molecule has 0 aromatic carbocycles. The summed E-state index contributed by atoms with van der Waals surface area (Å²) in [6.07, 6.45) is 11.6. The van der Waals surface area contributed by atoms with Crippen LogP contribution in [0.25, 0.3) is 0 Å². The van der Waals surface area contributed by atoms with Gasteiger partial charge in [0.25, 0.3) is 0 Å². The summed E-state index contributed by atoms with van der Waals surface area (Å²) >= 11 is 0. The summed E-state index contributed by atoms with van der Waals surface area (Å²) in [7, 11) is -10.1. The highest BCUT2D eigenvalue weighted by atomic mass is 31.3. The maximum Gasteiger partial charge on any atom is 0.478 e. The average molecular weight is 608 g/mol. The van der Waals surface area contributed by atoms with Crippen molar-refractivity contribution in [2.24, 2.45) is 0 Å². The van der Waals surface area contributed by atoms with Crippen molar-refractivity contribution in [2.75, 3.05) is 58.9 Å². The van der Waals surface area contributed by atoms with Gasteiger partial charge in [-0.15, -0.1) is 0 Å². The lowest BCUT2D eigenvalue weighted by Gasteiger charge is -2.19. The molecule has 0 saturated heterocycles. The van der Waals surface area contributed by atoms with Gasteiger partial charge in [0.1, 0.15) is 0 Å². The molecule has 4 N–H and O–H groups in total. The smallest absolute Gasteiger partial charge is 0.303 e. The molecule has 0 aliphatic rings. The first-order valence-electron chi connectivity index (χ1n) is 15.2. The van der Waals surface area contributed by atoms with E-state index >= 15 is 0 Å². The summed E-state index contributed by atoms with van der Waals surface area (Å²) in [4.78, 5) is 38.6. The summed E-state index contributed by atoms with van der Waals surface area (Å²) in [5, 5.41) is 0. The van der Waals surface area contributed by atoms with Crippen molar-refractivity contribution >= 4 is 15.6 Å². The fourth-order valence-corrected chi connectivity index (χ4v) is 5.10.